The van der Waals surface area contributed by atoms with Gasteiger partial charge in [-0.1, -0.05) is 36.4 Å². The number of carbonyl (C=O) groups is 2. The first-order valence-electron chi connectivity index (χ1n) is 13.2. The zero-order valence-electron chi connectivity index (χ0n) is 22.3. The minimum atomic E-state index is -5.12. The number of aromatic nitrogens is 1. The van der Waals surface area contributed by atoms with Crippen molar-refractivity contribution in [2.75, 3.05) is 19.6 Å². The van der Waals surface area contributed by atoms with E-state index in [0.29, 0.717) is 12.1 Å². The van der Waals surface area contributed by atoms with E-state index in [2.05, 4.69) is 4.98 Å². The maximum Gasteiger partial charge on any atom is 0.416 e. The van der Waals surface area contributed by atoms with Gasteiger partial charge in [0.1, 0.15) is 5.82 Å². The van der Waals surface area contributed by atoms with Crippen molar-refractivity contribution < 1.29 is 40.3 Å². The number of nitrogens with zero attached hydrogens (tertiary/aromatic N) is 2. The summed E-state index contributed by atoms with van der Waals surface area (Å²) in [5, 5.41) is 0.816. The Kier molecular flexibility index (Phi) is 8.04. The molecule has 1 fully saturated rings. The smallest absolute Gasteiger partial charge is 0.361 e. The second-order valence-corrected chi connectivity index (χ2v) is 10.1. The van der Waals surface area contributed by atoms with Crippen molar-refractivity contribution in [1.29, 1.82) is 0 Å². The number of alkyl halides is 6. The van der Waals surface area contributed by atoms with E-state index in [1.807, 2.05) is 18.2 Å². The number of hydrogen-bond donors (Lipinski definition) is 1. The van der Waals surface area contributed by atoms with Crippen molar-refractivity contribution in [2.45, 2.75) is 24.8 Å². The number of para-hydroxylation sites is 1. The lowest BCUT2D eigenvalue weighted by Crippen LogP contribution is -2.57. The maximum absolute atomic E-state index is 14.0. The summed E-state index contributed by atoms with van der Waals surface area (Å²) in [5.74, 6) is -2.04. The van der Waals surface area contributed by atoms with Crippen LogP contribution in [0, 0.1) is 5.82 Å². The van der Waals surface area contributed by atoms with Gasteiger partial charge >= 0.3 is 12.4 Å². The molecule has 0 spiro atoms. The van der Waals surface area contributed by atoms with E-state index in [0.717, 1.165) is 16.5 Å². The summed E-state index contributed by atoms with van der Waals surface area (Å²) >= 11 is 0. The molecular formula is C31H24F7N3O2. The molecule has 4 aromatic rings. The molecule has 43 heavy (non-hydrogen) atoms. The van der Waals surface area contributed by atoms with Crippen LogP contribution in [0.4, 0.5) is 30.7 Å². The van der Waals surface area contributed by atoms with Crippen molar-refractivity contribution in [1.82, 2.24) is 14.8 Å². The van der Waals surface area contributed by atoms with Gasteiger partial charge in [0.25, 0.3) is 5.91 Å². The van der Waals surface area contributed by atoms with Gasteiger partial charge in [0.05, 0.1) is 17.2 Å². The van der Waals surface area contributed by atoms with E-state index in [1.165, 1.54) is 40.2 Å². The SMILES string of the molecule is O=C(/C=C/c1ccccc1F)N1CCN(C(=O)c2cc(C(F)(F)F)cc(C(F)(F)F)c2)[C@H](Cc2c[nH]c3ccccc23)C1. The Morgan fingerprint density at radius 1 is 0.884 bits per heavy atom. The Balaban J connectivity index is 1.47. The highest BCUT2D eigenvalue weighted by molar-refractivity contribution is 5.96. The van der Waals surface area contributed by atoms with Crippen molar-refractivity contribution in [2.24, 2.45) is 0 Å². The van der Waals surface area contributed by atoms with Crippen LogP contribution in [0.2, 0.25) is 0 Å². The average molecular weight is 604 g/mol. The van der Waals surface area contributed by atoms with Crippen LogP contribution in [-0.2, 0) is 23.6 Å². The van der Waals surface area contributed by atoms with Crippen molar-refractivity contribution in [3.8, 4) is 0 Å². The molecular weight excluding hydrogens is 579 g/mol. The van der Waals surface area contributed by atoms with E-state index in [1.54, 1.807) is 18.3 Å². The highest BCUT2D eigenvalue weighted by atomic mass is 19.4. The Morgan fingerprint density at radius 3 is 2.21 bits per heavy atom. The normalized spacial score (nSPS) is 16.3. The number of benzene rings is 3. The number of nitrogens with one attached hydrogen (secondary N) is 1. The van der Waals surface area contributed by atoms with Crippen LogP contribution in [0.3, 0.4) is 0 Å². The topological polar surface area (TPSA) is 56.4 Å². The molecule has 1 aliphatic heterocycles. The van der Waals surface area contributed by atoms with Crippen LogP contribution >= 0.6 is 0 Å². The summed E-state index contributed by atoms with van der Waals surface area (Å²) in [6.45, 7) is -0.249. The highest BCUT2D eigenvalue weighted by Crippen LogP contribution is 2.37. The van der Waals surface area contributed by atoms with Crippen LogP contribution in [0.25, 0.3) is 17.0 Å². The van der Waals surface area contributed by atoms with E-state index in [-0.39, 0.29) is 37.7 Å². The van der Waals surface area contributed by atoms with Crippen molar-refractivity contribution in [3.05, 3.63) is 113 Å². The highest BCUT2D eigenvalue weighted by Gasteiger charge is 2.39. The van der Waals surface area contributed by atoms with Crippen LogP contribution in [-0.4, -0.2) is 52.3 Å². The Labute approximate surface area is 241 Å². The Morgan fingerprint density at radius 2 is 1.53 bits per heavy atom. The number of halogens is 7. The predicted octanol–water partition coefficient (Wildman–Crippen LogP) is 6.95. The minimum absolute atomic E-state index is 0.0291. The predicted molar refractivity (Wildman–Crippen MR) is 145 cm³/mol. The number of fused-ring (bicyclic) bond motifs is 1. The molecule has 0 saturated carbocycles. The molecule has 5 nitrogen and oxygen atoms in total. The van der Waals surface area contributed by atoms with Crippen LogP contribution < -0.4 is 0 Å². The summed E-state index contributed by atoms with van der Waals surface area (Å²) in [6.07, 6.45) is -5.88. The number of H-pyrrole nitrogens is 1. The van der Waals surface area contributed by atoms with E-state index >= 15 is 0 Å². The molecule has 2 amide bonds. The van der Waals surface area contributed by atoms with Gasteiger partial charge in [-0.2, -0.15) is 26.3 Å². The molecule has 0 radical (unpaired) electrons. The van der Waals surface area contributed by atoms with Crippen LogP contribution in [0.1, 0.15) is 32.6 Å². The van der Waals surface area contributed by atoms with Gasteiger partial charge in [-0.25, -0.2) is 4.39 Å². The molecule has 0 unspecified atom stereocenters. The van der Waals surface area contributed by atoms with Crippen LogP contribution in [0.15, 0.2) is 79.0 Å². The third kappa shape index (κ3) is 6.58. The number of aromatic amines is 1. The largest absolute Gasteiger partial charge is 0.416 e. The quantitative estimate of drug-likeness (QED) is 0.198. The molecule has 1 aliphatic rings. The fourth-order valence-electron chi connectivity index (χ4n) is 5.17. The summed E-state index contributed by atoms with van der Waals surface area (Å²) in [5.41, 5.74) is -2.22. The molecule has 1 N–H and O–H groups in total. The van der Waals surface area contributed by atoms with Gasteiger partial charge in [0, 0.05) is 53.9 Å². The fraction of sp³-hybridized carbons (Fsp3) is 0.226. The summed E-state index contributed by atoms with van der Waals surface area (Å²) in [6, 6.07) is 13.1. The van der Waals surface area contributed by atoms with Gasteiger partial charge in [0.15, 0.2) is 0 Å². The average Bonchev–Trinajstić information content (AvgIpc) is 3.37. The second-order valence-electron chi connectivity index (χ2n) is 10.1. The zero-order chi connectivity index (χ0) is 30.9. The third-order valence-electron chi connectivity index (χ3n) is 7.33. The number of hydrogen-bond acceptors (Lipinski definition) is 2. The van der Waals surface area contributed by atoms with Gasteiger partial charge in [-0.05, 0) is 48.4 Å². The Bertz CT molecular complexity index is 1660. The first-order valence-corrected chi connectivity index (χ1v) is 13.2. The molecule has 5 rings (SSSR count). The van der Waals surface area contributed by atoms with E-state index in [4.69, 9.17) is 0 Å². The number of piperazine rings is 1. The minimum Gasteiger partial charge on any atom is -0.361 e. The van der Waals surface area contributed by atoms with Gasteiger partial charge < -0.3 is 14.8 Å². The van der Waals surface area contributed by atoms with Crippen molar-refractivity contribution >= 4 is 28.8 Å². The Hall–Kier alpha value is -4.61. The summed E-state index contributed by atoms with van der Waals surface area (Å²) in [7, 11) is 0. The fourth-order valence-corrected chi connectivity index (χ4v) is 5.17. The standard InChI is InChI=1S/C31H24F7N3O2/c32-26-7-3-1-5-19(26)9-10-28(42)40-11-12-41(24(18-40)15-21-17-39-27-8-4-2-6-25(21)27)29(43)20-13-22(30(33,34)35)16-23(14-20)31(36,37)38/h1-10,13-14,16-17,24,39H,11-12,15,18H2/b10-9+/t24-/m1/s1. The van der Waals surface area contributed by atoms with E-state index < -0.39 is 52.7 Å². The number of carbonyl (C=O) groups excluding carboxylic acids is 2. The molecule has 12 heteroatoms. The zero-order valence-corrected chi connectivity index (χ0v) is 22.3. The molecule has 2 heterocycles. The summed E-state index contributed by atoms with van der Waals surface area (Å²) in [4.78, 5) is 32.4. The monoisotopic (exact) mass is 603 g/mol. The molecule has 1 atom stereocenters. The first kappa shape index (κ1) is 29.9. The lowest BCUT2D eigenvalue weighted by Gasteiger charge is -2.41. The molecule has 0 aliphatic carbocycles. The number of amides is 2. The van der Waals surface area contributed by atoms with Crippen molar-refractivity contribution in [3.63, 3.8) is 0 Å². The summed E-state index contributed by atoms with van der Waals surface area (Å²) < 4.78 is 95.1. The molecule has 224 valence electrons. The lowest BCUT2D eigenvalue weighted by molar-refractivity contribution is -0.143. The molecule has 0 bridgehead atoms. The first-order chi connectivity index (χ1) is 20.3. The second kappa shape index (κ2) is 11.6. The molecule has 3 aromatic carbocycles. The number of rotatable bonds is 5. The third-order valence-corrected chi connectivity index (χ3v) is 7.33. The van der Waals surface area contributed by atoms with E-state index in [9.17, 15) is 40.3 Å². The maximum atomic E-state index is 14.0. The molecule has 1 aromatic heterocycles. The van der Waals surface area contributed by atoms with Gasteiger partial charge in [-0.3, -0.25) is 9.59 Å². The van der Waals surface area contributed by atoms with Crippen LogP contribution in [0.5, 0.6) is 0 Å². The van der Waals surface area contributed by atoms with Gasteiger partial charge in [0.2, 0.25) is 5.91 Å². The lowest BCUT2D eigenvalue weighted by atomic mass is 9.98. The van der Waals surface area contributed by atoms with Gasteiger partial charge in [-0.15, -0.1) is 0 Å². The molecule has 1 saturated heterocycles.